The summed E-state index contributed by atoms with van der Waals surface area (Å²) in [7, 11) is 0. The Hall–Kier alpha value is -2.55. The average Bonchev–Trinajstić information content (AvgIpc) is 3.48. The first-order valence-corrected chi connectivity index (χ1v) is 23.5. The van der Waals surface area contributed by atoms with Crippen molar-refractivity contribution in [2.75, 3.05) is 0 Å². The Balaban J connectivity index is 1.57. The van der Waals surface area contributed by atoms with E-state index in [0.29, 0.717) is 7.35 Å². The summed E-state index contributed by atoms with van der Waals surface area (Å²) in [6.07, 6.45) is 9.95. The van der Waals surface area contributed by atoms with Gasteiger partial charge in [0, 0.05) is 0 Å². The monoisotopic (exact) mass is 593 g/mol. The quantitative estimate of drug-likeness (QED) is 0.262. The first kappa shape index (κ1) is 20.1. The van der Waals surface area contributed by atoms with Crippen LogP contribution in [0.4, 0.5) is 0 Å². The first-order valence-electron chi connectivity index (χ1n) is 11.4. The van der Waals surface area contributed by atoms with E-state index in [-0.39, 0.29) is 0 Å². The Morgan fingerprint density at radius 2 is 0.875 bits per heavy atom. The second-order valence-electron chi connectivity index (χ2n) is 8.69. The van der Waals surface area contributed by atoms with Gasteiger partial charge in [0.2, 0.25) is 0 Å². The Morgan fingerprint density at radius 3 is 1.34 bits per heavy atom. The maximum absolute atomic E-state index is 2.58. The van der Waals surface area contributed by atoms with Gasteiger partial charge in [0.15, 0.2) is 0 Å². The van der Waals surface area contributed by atoms with Crippen LogP contribution < -0.4 is 10.4 Å². The van der Waals surface area contributed by atoms with Crippen molar-refractivity contribution in [1.29, 1.82) is 0 Å². The zero-order valence-electron chi connectivity index (χ0n) is 17.9. The van der Waals surface area contributed by atoms with Crippen molar-refractivity contribution >= 4 is 28.5 Å². The van der Waals surface area contributed by atoms with Crippen LogP contribution in [-0.4, -0.2) is 5.98 Å². The van der Waals surface area contributed by atoms with Crippen molar-refractivity contribution in [2.45, 2.75) is 7.35 Å². The van der Waals surface area contributed by atoms with E-state index in [1.54, 1.807) is 21.5 Å². The van der Waals surface area contributed by atoms with E-state index in [1.807, 2.05) is 0 Å². The molecule has 0 radical (unpaired) electrons. The molecule has 0 saturated carbocycles. The molecule has 4 aromatic carbocycles. The fourth-order valence-electron chi connectivity index (χ4n) is 5.50. The van der Waals surface area contributed by atoms with Crippen molar-refractivity contribution in [3.63, 3.8) is 0 Å². The maximum atomic E-state index is 2.58. The molecule has 2 aliphatic rings. The Morgan fingerprint density at radius 1 is 0.469 bits per heavy atom. The van der Waals surface area contributed by atoms with Crippen LogP contribution in [0.25, 0.3) is 12.2 Å². The van der Waals surface area contributed by atoms with Gasteiger partial charge in [-0.3, -0.25) is 0 Å². The fourth-order valence-corrected chi connectivity index (χ4v) is 41.7. The summed E-state index contributed by atoms with van der Waals surface area (Å²) < 4.78 is 1.27. The van der Waals surface area contributed by atoms with E-state index < -0.39 is 26.6 Å². The van der Waals surface area contributed by atoms with Gasteiger partial charge in [-0.2, -0.15) is 0 Å². The molecule has 0 spiro atoms. The van der Waals surface area contributed by atoms with Crippen LogP contribution in [0.3, 0.4) is 0 Å². The predicted molar refractivity (Wildman–Crippen MR) is 136 cm³/mol. The van der Waals surface area contributed by atoms with Gasteiger partial charge in [0.1, 0.15) is 0 Å². The topological polar surface area (TPSA) is 0 Å². The van der Waals surface area contributed by atoms with Gasteiger partial charge >= 0.3 is 200 Å². The first-order chi connectivity index (χ1) is 15.9. The van der Waals surface area contributed by atoms with E-state index in [2.05, 4.69) is 133 Å². The molecule has 153 valence electrons. The molecule has 0 amide bonds. The summed E-state index contributed by atoms with van der Waals surface area (Å²) in [6.45, 7) is 0. The van der Waals surface area contributed by atoms with Crippen LogP contribution >= 0.6 is 0 Å². The third kappa shape index (κ3) is 3.56. The minimum atomic E-state index is -2.44. The van der Waals surface area contributed by atoms with E-state index in [9.17, 15) is 0 Å². The van der Waals surface area contributed by atoms with Crippen molar-refractivity contribution in [3.05, 3.63) is 144 Å². The minimum absolute atomic E-state index is 0.633. The molecule has 32 heavy (non-hydrogen) atoms. The summed E-state index contributed by atoms with van der Waals surface area (Å²) >= 11 is -2.44. The van der Waals surface area contributed by atoms with E-state index in [4.69, 9.17) is 0 Å². The van der Waals surface area contributed by atoms with Crippen molar-refractivity contribution in [1.82, 2.24) is 0 Å². The van der Waals surface area contributed by atoms with Gasteiger partial charge in [-0.15, -0.1) is 0 Å². The molecular weight excluding hydrogens is 567 g/mol. The molecule has 2 heteroatoms. The van der Waals surface area contributed by atoms with Crippen molar-refractivity contribution in [2.24, 2.45) is 0 Å². The van der Waals surface area contributed by atoms with E-state index >= 15 is 0 Å². The van der Waals surface area contributed by atoms with Gasteiger partial charge in [-0.25, -0.2) is 0 Å². The second kappa shape index (κ2) is 8.76. The number of hydrogen-bond donors (Lipinski definition) is 0. The average molecular weight is 592 g/mol. The zero-order valence-corrected chi connectivity index (χ0v) is 22.7. The van der Waals surface area contributed by atoms with Crippen LogP contribution in [-0.2, 0) is 20.6 Å². The molecule has 0 aliphatic heterocycles. The molecule has 0 bridgehead atoms. The molecule has 0 N–H and O–H groups in total. The van der Waals surface area contributed by atoms with Gasteiger partial charge in [-0.05, 0) is 0 Å². The van der Waals surface area contributed by atoms with E-state index in [0.717, 1.165) is 0 Å². The van der Waals surface area contributed by atoms with Crippen LogP contribution in [0.15, 0.2) is 121 Å². The second-order valence-corrected chi connectivity index (χ2v) is 30.6. The summed E-state index contributed by atoms with van der Waals surface area (Å²) in [4.78, 5) is 0. The Bertz CT molecular complexity index is 1190. The molecule has 4 aromatic rings. The third-order valence-electron chi connectivity index (χ3n) is 6.92. The van der Waals surface area contributed by atoms with Crippen LogP contribution in [0.1, 0.15) is 29.6 Å². The zero-order chi connectivity index (χ0) is 21.3. The number of benzene rings is 4. The number of allylic oxidation sites excluding steroid dienone is 2. The number of hydrogen-bond acceptors (Lipinski definition) is 0. The van der Waals surface area contributed by atoms with Gasteiger partial charge in [0.05, 0.1) is 0 Å². The standard InChI is InChI=1S/C12H11Si.2C9H7.Hf/c1-3-7-11(8-4-1)13-12-9-5-2-6-10-12;2*1-2-5-9-7-3-6-8(9)4-1;/h1-10,13H;2*1-7H;. The molecule has 0 fully saturated rings. The number of rotatable bonds is 5. The molecular formula is C30H25HfSi. The van der Waals surface area contributed by atoms with Crippen LogP contribution in [0.5, 0.6) is 0 Å². The van der Waals surface area contributed by atoms with Crippen molar-refractivity contribution < 1.29 is 20.6 Å². The molecule has 6 rings (SSSR count). The van der Waals surface area contributed by atoms with Gasteiger partial charge in [-0.1, -0.05) is 0 Å². The molecule has 0 aromatic heterocycles. The van der Waals surface area contributed by atoms with Gasteiger partial charge < -0.3 is 0 Å². The summed E-state index contributed by atoms with van der Waals surface area (Å²) in [6, 6.07) is 41.3. The summed E-state index contributed by atoms with van der Waals surface area (Å²) in [5.74, 6) is -1.38. The Labute approximate surface area is 199 Å². The predicted octanol–water partition coefficient (Wildman–Crippen LogP) is 5.68. The molecule has 0 nitrogen and oxygen atoms in total. The molecule has 2 aliphatic carbocycles. The molecule has 2 unspecified atom stereocenters. The van der Waals surface area contributed by atoms with Crippen LogP contribution in [0.2, 0.25) is 0 Å². The van der Waals surface area contributed by atoms with Gasteiger partial charge in [0.25, 0.3) is 0 Å². The SMILES string of the molecule is C1=C[CH]([Hf]([CH]2C=Cc3ccccc32)[SiH](c2ccccc2)c2ccccc2)c2ccccc21. The fraction of sp³-hybridized carbons (Fsp3) is 0.0667. The normalized spacial score (nSPS) is 18.0. The number of fused-ring (bicyclic) bond motifs is 2. The Kier molecular flexibility index (Phi) is 5.50. The summed E-state index contributed by atoms with van der Waals surface area (Å²) in [5.41, 5.74) is 6.03. The summed E-state index contributed by atoms with van der Waals surface area (Å²) in [5, 5.41) is 3.24. The molecule has 2 atom stereocenters. The van der Waals surface area contributed by atoms with Crippen LogP contribution in [0, 0.1) is 0 Å². The molecule has 0 saturated heterocycles. The third-order valence-corrected chi connectivity index (χ3v) is 38.7. The van der Waals surface area contributed by atoms with E-state index in [1.165, 1.54) is 11.1 Å². The molecule has 0 heterocycles. The van der Waals surface area contributed by atoms with Crippen molar-refractivity contribution in [3.8, 4) is 0 Å².